The van der Waals surface area contributed by atoms with E-state index < -0.39 is 57.8 Å². The second kappa shape index (κ2) is 57.8. The molecule has 3 atom stereocenters. The van der Waals surface area contributed by atoms with Gasteiger partial charge in [0.2, 0.25) is 0 Å². The van der Waals surface area contributed by atoms with Crippen LogP contribution in [0.1, 0.15) is 265 Å². The average molecular weight is 1090 g/mol. The van der Waals surface area contributed by atoms with Crippen molar-refractivity contribution in [1.82, 2.24) is 0 Å². The maximum absolute atomic E-state index is 12.9. The van der Waals surface area contributed by atoms with Gasteiger partial charge in [-0.25, -0.2) is 4.57 Å². The van der Waals surface area contributed by atoms with Crippen LogP contribution in [0, 0.1) is 0 Å². The highest BCUT2D eigenvalue weighted by Crippen LogP contribution is 2.43. The molecule has 12 heteroatoms. The first-order chi connectivity index (χ1) is 37.2. The van der Waals surface area contributed by atoms with Crippen LogP contribution in [0.2, 0.25) is 0 Å². The van der Waals surface area contributed by atoms with E-state index in [4.69, 9.17) is 23.3 Å². The van der Waals surface area contributed by atoms with Crippen molar-refractivity contribution in [3.05, 3.63) is 85.1 Å². The molecule has 0 rings (SSSR count). The third-order valence-corrected chi connectivity index (χ3v) is 13.8. The molecule has 0 saturated heterocycles. The number of hydrogen-bond acceptors (Lipinski definition) is 10. The molecule has 2 N–H and O–H groups in total. The third kappa shape index (κ3) is 55.4. The molecular formula is C64H111O11P. The Balaban J connectivity index is 4.75. The fourth-order valence-electron chi connectivity index (χ4n) is 8.25. The van der Waals surface area contributed by atoms with E-state index in [1.165, 1.54) is 96.3 Å². The highest BCUT2D eigenvalue weighted by molar-refractivity contribution is 7.47. The van der Waals surface area contributed by atoms with Gasteiger partial charge in [-0.1, -0.05) is 241 Å². The van der Waals surface area contributed by atoms with Crippen molar-refractivity contribution in [3.63, 3.8) is 0 Å². The van der Waals surface area contributed by atoms with Gasteiger partial charge in [0, 0.05) is 19.3 Å². The number of aliphatic hydroxyl groups is 1. The SMILES string of the molecule is CC/C=C\C/C=C\C/C=C\C/C=C\CCCCC(=O)OCC(COP(=O)(O)OCC(CO)OC(=O)CCCCCCC/C=C\C/C=C\C/C=C\CC)OC(=O)CCCCCCCCCCCCCCCCCCCCC. The van der Waals surface area contributed by atoms with E-state index >= 15 is 0 Å². The van der Waals surface area contributed by atoms with E-state index in [1.807, 2.05) is 0 Å². The number of aliphatic hydroxyl groups excluding tert-OH is 1. The van der Waals surface area contributed by atoms with Gasteiger partial charge in [0.15, 0.2) is 6.10 Å². The summed E-state index contributed by atoms with van der Waals surface area (Å²) in [6.45, 7) is 4.38. The molecule has 0 aliphatic rings. The van der Waals surface area contributed by atoms with Crippen molar-refractivity contribution in [2.45, 2.75) is 277 Å². The molecule has 0 heterocycles. The Labute approximate surface area is 464 Å². The van der Waals surface area contributed by atoms with Crippen molar-refractivity contribution >= 4 is 25.7 Å². The number of phosphoric acid groups is 1. The van der Waals surface area contributed by atoms with Gasteiger partial charge in [0.05, 0.1) is 19.8 Å². The summed E-state index contributed by atoms with van der Waals surface area (Å²) in [5.74, 6) is -1.52. The van der Waals surface area contributed by atoms with Crippen molar-refractivity contribution in [1.29, 1.82) is 0 Å². The number of allylic oxidation sites excluding steroid dienone is 14. The Kier molecular flexibility index (Phi) is 55.3. The topological polar surface area (TPSA) is 155 Å². The zero-order valence-corrected chi connectivity index (χ0v) is 49.3. The second-order valence-electron chi connectivity index (χ2n) is 20.1. The molecule has 0 aromatic carbocycles. The van der Waals surface area contributed by atoms with Gasteiger partial charge in [-0.2, -0.15) is 0 Å². The van der Waals surface area contributed by atoms with Crippen LogP contribution < -0.4 is 0 Å². The molecule has 0 aliphatic carbocycles. The molecular weight excluding hydrogens is 976 g/mol. The highest BCUT2D eigenvalue weighted by Gasteiger charge is 2.28. The number of hydrogen-bond donors (Lipinski definition) is 2. The van der Waals surface area contributed by atoms with Gasteiger partial charge in [-0.05, 0) is 89.9 Å². The Bertz CT molecular complexity index is 1600. The van der Waals surface area contributed by atoms with E-state index in [1.54, 1.807) is 0 Å². The minimum atomic E-state index is -4.77. The van der Waals surface area contributed by atoms with E-state index in [0.717, 1.165) is 109 Å². The van der Waals surface area contributed by atoms with Crippen molar-refractivity contribution in [2.75, 3.05) is 26.4 Å². The molecule has 0 aliphatic heterocycles. The number of carbonyl (C=O) groups is 3. The lowest BCUT2D eigenvalue weighted by molar-refractivity contribution is -0.161. The van der Waals surface area contributed by atoms with Crippen LogP contribution in [0.25, 0.3) is 0 Å². The molecule has 438 valence electrons. The first-order valence-corrected chi connectivity index (χ1v) is 32.0. The van der Waals surface area contributed by atoms with E-state index in [2.05, 4.69) is 106 Å². The Morgan fingerprint density at radius 2 is 0.684 bits per heavy atom. The Morgan fingerprint density at radius 3 is 1.08 bits per heavy atom. The maximum Gasteiger partial charge on any atom is 0.472 e. The minimum absolute atomic E-state index is 0.153. The predicted octanol–water partition coefficient (Wildman–Crippen LogP) is 18.3. The normalized spacial score (nSPS) is 13.9. The van der Waals surface area contributed by atoms with Gasteiger partial charge in [0.25, 0.3) is 0 Å². The second-order valence-corrected chi connectivity index (χ2v) is 21.6. The Morgan fingerprint density at radius 1 is 0.382 bits per heavy atom. The summed E-state index contributed by atoms with van der Waals surface area (Å²) >= 11 is 0. The van der Waals surface area contributed by atoms with Crippen LogP contribution in [-0.4, -0.2) is 66.5 Å². The number of ether oxygens (including phenoxy) is 3. The number of esters is 3. The molecule has 0 aromatic rings. The van der Waals surface area contributed by atoms with E-state index in [0.29, 0.717) is 19.3 Å². The lowest BCUT2D eigenvalue weighted by atomic mass is 10.0. The van der Waals surface area contributed by atoms with Gasteiger partial charge < -0.3 is 24.2 Å². The zero-order chi connectivity index (χ0) is 55.5. The van der Waals surface area contributed by atoms with Crippen LogP contribution in [-0.2, 0) is 42.2 Å². The van der Waals surface area contributed by atoms with Gasteiger partial charge in [0.1, 0.15) is 12.7 Å². The molecule has 0 spiro atoms. The largest absolute Gasteiger partial charge is 0.472 e. The smallest absolute Gasteiger partial charge is 0.462 e. The maximum atomic E-state index is 12.9. The molecule has 0 fully saturated rings. The van der Waals surface area contributed by atoms with Crippen molar-refractivity contribution < 1.29 is 52.2 Å². The number of phosphoric ester groups is 1. The van der Waals surface area contributed by atoms with Crippen LogP contribution in [0.4, 0.5) is 0 Å². The molecule has 3 unspecified atom stereocenters. The summed E-state index contributed by atoms with van der Waals surface area (Å²) in [6, 6.07) is 0. The quantitative estimate of drug-likeness (QED) is 0.0197. The van der Waals surface area contributed by atoms with Crippen molar-refractivity contribution in [2.24, 2.45) is 0 Å². The standard InChI is InChI=1S/C64H111O11P/c1-4-7-10-13-16-19-22-25-28-29-30-31-34-37-40-43-46-49-52-55-64(68)75-61(57-71-62(66)53-50-47-44-41-38-35-32-26-23-20-17-14-11-8-5-2)59-73-76(69,70)72-58-60(56-65)74-63(67)54-51-48-45-42-39-36-33-27-24-21-18-15-12-9-6-3/h8-9,11-12,17-18,20-21,26-27,32-33,38,41,60-61,65H,4-7,10,13-16,19,22-25,28-31,34-37,39-40,42-59H2,1-3H3,(H,69,70)/b11-8-,12-9-,20-17-,21-18-,32-26-,33-27-,41-38-. The first-order valence-electron chi connectivity index (χ1n) is 30.5. The molecule has 0 radical (unpaired) electrons. The summed E-state index contributed by atoms with van der Waals surface area (Å²) in [5, 5.41) is 9.83. The van der Waals surface area contributed by atoms with Crippen LogP contribution in [0.5, 0.6) is 0 Å². The summed E-state index contributed by atoms with van der Waals surface area (Å²) in [5.41, 5.74) is 0. The number of unbranched alkanes of at least 4 members (excludes halogenated alkanes) is 25. The Hall–Kier alpha value is -3.34. The average Bonchev–Trinajstić information content (AvgIpc) is 3.41. The molecule has 0 saturated carbocycles. The van der Waals surface area contributed by atoms with Crippen LogP contribution >= 0.6 is 7.82 Å². The highest BCUT2D eigenvalue weighted by atomic mass is 31.2. The lowest BCUT2D eigenvalue weighted by Gasteiger charge is -2.21. The molecule has 0 bridgehead atoms. The summed E-state index contributed by atoms with van der Waals surface area (Å²) in [7, 11) is -4.77. The van der Waals surface area contributed by atoms with E-state index in [9.17, 15) is 28.9 Å². The molecule has 0 amide bonds. The lowest BCUT2D eigenvalue weighted by Crippen LogP contribution is -2.30. The van der Waals surface area contributed by atoms with E-state index in [-0.39, 0.29) is 25.9 Å². The summed E-state index contributed by atoms with van der Waals surface area (Å²) in [4.78, 5) is 48.6. The van der Waals surface area contributed by atoms with Gasteiger partial charge in [-0.3, -0.25) is 23.4 Å². The summed E-state index contributed by atoms with van der Waals surface area (Å²) < 4.78 is 39.6. The van der Waals surface area contributed by atoms with Crippen LogP contribution in [0.15, 0.2) is 85.1 Å². The fraction of sp³-hybridized carbons (Fsp3) is 0.734. The number of carbonyl (C=O) groups excluding carboxylic acids is 3. The first kappa shape index (κ1) is 72.7. The molecule has 11 nitrogen and oxygen atoms in total. The predicted molar refractivity (Wildman–Crippen MR) is 316 cm³/mol. The molecule has 76 heavy (non-hydrogen) atoms. The zero-order valence-electron chi connectivity index (χ0n) is 48.5. The monoisotopic (exact) mass is 1090 g/mol. The van der Waals surface area contributed by atoms with Crippen LogP contribution in [0.3, 0.4) is 0 Å². The summed E-state index contributed by atoms with van der Waals surface area (Å²) in [6.07, 6.45) is 66.9. The fourth-order valence-corrected chi connectivity index (χ4v) is 9.03. The third-order valence-electron chi connectivity index (χ3n) is 12.8. The minimum Gasteiger partial charge on any atom is -0.462 e. The number of rotatable bonds is 56. The van der Waals surface area contributed by atoms with Crippen molar-refractivity contribution in [3.8, 4) is 0 Å². The molecule has 0 aromatic heterocycles. The van der Waals surface area contributed by atoms with Gasteiger partial charge in [-0.15, -0.1) is 0 Å². The van der Waals surface area contributed by atoms with Gasteiger partial charge >= 0.3 is 25.7 Å².